The normalized spacial score (nSPS) is 14.6. The summed E-state index contributed by atoms with van der Waals surface area (Å²) < 4.78 is 7.58. The zero-order valence-corrected chi connectivity index (χ0v) is 16.4. The number of morpholine rings is 1. The van der Waals surface area contributed by atoms with Gasteiger partial charge in [0.25, 0.3) is 0 Å². The van der Waals surface area contributed by atoms with E-state index in [1.807, 2.05) is 31.4 Å². The third kappa shape index (κ3) is 3.40. The molecule has 2 aromatic heterocycles. The molecule has 3 aromatic rings. The highest BCUT2D eigenvalue weighted by Gasteiger charge is 2.19. The molecule has 0 atom stereocenters. The first-order valence-electron chi connectivity index (χ1n) is 9.04. The smallest absolute Gasteiger partial charge is 0.139 e. The third-order valence-electron chi connectivity index (χ3n) is 5.06. The van der Waals surface area contributed by atoms with Crippen LogP contribution in [0.5, 0.6) is 0 Å². The number of nitrogens with one attached hydrogen (secondary N) is 1. The Labute approximate surface area is 164 Å². The van der Waals surface area contributed by atoms with Gasteiger partial charge in [-0.3, -0.25) is 0 Å². The van der Waals surface area contributed by atoms with Crippen LogP contribution in [0.25, 0.3) is 16.6 Å². The fraction of sp³-hybridized carbons (Fsp3) is 0.286. The lowest BCUT2D eigenvalue weighted by atomic mass is 10.1. The zero-order chi connectivity index (χ0) is 19.0. The molecule has 1 saturated heterocycles. The maximum absolute atomic E-state index is 6.17. The Hall–Kier alpha value is -2.50. The molecule has 27 heavy (non-hydrogen) atoms. The minimum absolute atomic E-state index is 0.699. The summed E-state index contributed by atoms with van der Waals surface area (Å²) in [6.07, 6.45) is 3.96. The molecule has 4 rings (SSSR count). The fourth-order valence-corrected chi connectivity index (χ4v) is 3.66. The average molecular weight is 383 g/mol. The number of pyridine rings is 1. The topological polar surface area (TPSA) is 42.3 Å². The van der Waals surface area contributed by atoms with Crippen LogP contribution in [-0.4, -0.2) is 40.8 Å². The third-order valence-corrected chi connectivity index (χ3v) is 5.30. The van der Waals surface area contributed by atoms with Crippen LogP contribution in [0.1, 0.15) is 11.1 Å². The van der Waals surface area contributed by atoms with Gasteiger partial charge in [0, 0.05) is 59.9 Å². The minimum Gasteiger partial charge on any atom is -0.378 e. The van der Waals surface area contributed by atoms with Gasteiger partial charge in [-0.15, -0.1) is 0 Å². The number of halogens is 1. The van der Waals surface area contributed by atoms with E-state index in [0.29, 0.717) is 5.02 Å². The number of ether oxygens (including phenoxy) is 1. The molecule has 0 saturated carbocycles. The molecule has 0 spiro atoms. The summed E-state index contributed by atoms with van der Waals surface area (Å²) in [5.41, 5.74) is 5.23. The Bertz CT molecular complexity index is 1000. The van der Waals surface area contributed by atoms with E-state index in [4.69, 9.17) is 21.3 Å². The van der Waals surface area contributed by atoms with Crippen molar-refractivity contribution in [3.05, 3.63) is 59.4 Å². The van der Waals surface area contributed by atoms with E-state index >= 15 is 0 Å². The van der Waals surface area contributed by atoms with Gasteiger partial charge in [0.15, 0.2) is 0 Å². The molecule has 0 radical (unpaired) electrons. The van der Waals surface area contributed by atoms with Crippen molar-refractivity contribution in [2.24, 2.45) is 7.05 Å². The van der Waals surface area contributed by atoms with Gasteiger partial charge < -0.3 is 19.5 Å². The first-order chi connectivity index (χ1) is 13.0. The molecule has 1 N–H and O–H groups in total. The number of anilines is 2. The van der Waals surface area contributed by atoms with Crippen molar-refractivity contribution in [1.82, 2.24) is 14.5 Å². The second kappa shape index (κ2) is 7.25. The number of rotatable bonds is 4. The van der Waals surface area contributed by atoms with Crippen LogP contribution in [0.3, 0.4) is 0 Å². The lowest BCUT2D eigenvalue weighted by molar-refractivity contribution is 0.0641. The maximum Gasteiger partial charge on any atom is 0.139 e. The second-order valence-electron chi connectivity index (χ2n) is 6.84. The van der Waals surface area contributed by atoms with Crippen molar-refractivity contribution in [2.45, 2.75) is 6.92 Å². The van der Waals surface area contributed by atoms with E-state index < -0.39 is 0 Å². The molecule has 1 aromatic carbocycles. The van der Waals surface area contributed by atoms with Crippen molar-refractivity contribution in [3.63, 3.8) is 0 Å². The Morgan fingerprint density at radius 3 is 2.81 bits per heavy atom. The molecule has 0 bridgehead atoms. The molecule has 0 aliphatic carbocycles. The number of benzene rings is 1. The highest BCUT2D eigenvalue weighted by Crippen LogP contribution is 2.33. The van der Waals surface area contributed by atoms with E-state index in [1.54, 1.807) is 0 Å². The van der Waals surface area contributed by atoms with Gasteiger partial charge >= 0.3 is 0 Å². The minimum atomic E-state index is 0.699. The molecule has 0 unspecified atom stereocenters. The summed E-state index contributed by atoms with van der Waals surface area (Å²) in [6, 6.07) is 7.90. The quantitative estimate of drug-likeness (QED) is 0.717. The van der Waals surface area contributed by atoms with Crippen molar-refractivity contribution < 1.29 is 4.74 Å². The van der Waals surface area contributed by atoms with Gasteiger partial charge in [-0.25, -0.2) is 4.98 Å². The molecule has 3 heterocycles. The summed E-state index contributed by atoms with van der Waals surface area (Å²) in [5, 5.41) is 5.20. The summed E-state index contributed by atoms with van der Waals surface area (Å²) in [7, 11) is 2.05. The lowest BCUT2D eigenvalue weighted by Crippen LogP contribution is -2.34. The van der Waals surface area contributed by atoms with Crippen LogP contribution >= 0.6 is 11.6 Å². The van der Waals surface area contributed by atoms with Crippen molar-refractivity contribution in [1.29, 1.82) is 0 Å². The Morgan fingerprint density at radius 2 is 2.04 bits per heavy atom. The first kappa shape index (κ1) is 17.9. The highest BCUT2D eigenvalue weighted by atomic mass is 35.5. The highest BCUT2D eigenvalue weighted by molar-refractivity contribution is 6.30. The van der Waals surface area contributed by atoms with Gasteiger partial charge in [-0.2, -0.15) is 0 Å². The van der Waals surface area contributed by atoms with E-state index in [-0.39, 0.29) is 0 Å². The second-order valence-corrected chi connectivity index (χ2v) is 7.28. The van der Waals surface area contributed by atoms with Crippen molar-refractivity contribution in [2.75, 3.05) is 31.6 Å². The summed E-state index contributed by atoms with van der Waals surface area (Å²) in [4.78, 5) is 6.98. The van der Waals surface area contributed by atoms with Crippen molar-refractivity contribution in [3.8, 4) is 0 Å². The molecule has 1 aliphatic heterocycles. The van der Waals surface area contributed by atoms with Crippen LogP contribution in [0.2, 0.25) is 5.02 Å². The SMILES string of the molecule is C=C(c1cnc(Nc2cc(Cl)ccc2C)c2ccn(C)c12)N1CCOCC1. The number of aromatic nitrogens is 2. The Balaban J connectivity index is 1.74. The van der Waals surface area contributed by atoms with Gasteiger partial charge in [0.1, 0.15) is 5.82 Å². The standard InChI is InChI=1S/C21H23ClN4O/c1-14-4-5-16(22)12-19(14)24-21-17-6-7-25(3)20(17)18(13-23-21)15(2)26-8-10-27-11-9-26/h4-7,12-13H,2,8-11H2,1,3H3,(H,23,24). The number of hydrogen-bond donors (Lipinski definition) is 1. The Morgan fingerprint density at radius 1 is 1.26 bits per heavy atom. The van der Waals surface area contributed by atoms with Crippen LogP contribution in [0.15, 0.2) is 43.2 Å². The van der Waals surface area contributed by atoms with Gasteiger partial charge in [0.2, 0.25) is 0 Å². The van der Waals surface area contributed by atoms with E-state index in [1.165, 1.54) is 0 Å². The maximum atomic E-state index is 6.17. The van der Waals surface area contributed by atoms with Gasteiger partial charge in [-0.05, 0) is 30.7 Å². The molecular formula is C21H23ClN4O. The van der Waals surface area contributed by atoms with E-state index in [0.717, 1.165) is 65.5 Å². The lowest BCUT2D eigenvalue weighted by Gasteiger charge is -2.31. The summed E-state index contributed by atoms with van der Waals surface area (Å²) in [5.74, 6) is 0.814. The molecular weight excluding hydrogens is 360 g/mol. The molecule has 6 heteroatoms. The molecule has 0 amide bonds. The average Bonchev–Trinajstić information content (AvgIpc) is 3.07. The number of fused-ring (bicyclic) bond motifs is 1. The summed E-state index contributed by atoms with van der Waals surface area (Å²) in [6.45, 7) is 9.56. The van der Waals surface area contributed by atoms with Crippen LogP contribution in [0, 0.1) is 6.92 Å². The zero-order valence-electron chi connectivity index (χ0n) is 15.6. The number of hydrogen-bond acceptors (Lipinski definition) is 4. The largest absolute Gasteiger partial charge is 0.378 e. The molecule has 140 valence electrons. The van der Waals surface area contributed by atoms with Crippen LogP contribution in [-0.2, 0) is 11.8 Å². The number of aryl methyl sites for hydroxylation is 2. The predicted molar refractivity (Wildman–Crippen MR) is 112 cm³/mol. The Kier molecular flexibility index (Phi) is 4.81. The van der Waals surface area contributed by atoms with Crippen molar-refractivity contribution >= 4 is 39.7 Å². The molecule has 5 nitrogen and oxygen atoms in total. The van der Waals surface area contributed by atoms with E-state index in [2.05, 4.69) is 40.5 Å². The van der Waals surface area contributed by atoms with Gasteiger partial charge in [-0.1, -0.05) is 24.2 Å². The molecule has 1 fully saturated rings. The monoisotopic (exact) mass is 382 g/mol. The van der Waals surface area contributed by atoms with E-state index in [9.17, 15) is 0 Å². The van der Waals surface area contributed by atoms with Gasteiger partial charge in [0.05, 0.1) is 18.7 Å². The summed E-state index contributed by atoms with van der Waals surface area (Å²) >= 11 is 6.17. The number of nitrogens with zero attached hydrogens (tertiary/aromatic N) is 3. The van der Waals surface area contributed by atoms with Crippen LogP contribution < -0.4 is 5.32 Å². The first-order valence-corrected chi connectivity index (χ1v) is 9.41. The predicted octanol–water partition coefficient (Wildman–Crippen LogP) is 4.58. The fourth-order valence-electron chi connectivity index (χ4n) is 3.49. The molecule has 1 aliphatic rings. The van der Waals surface area contributed by atoms with Crippen LogP contribution in [0.4, 0.5) is 11.5 Å².